The Balaban J connectivity index is 1.70. The number of benzene rings is 1. The molecule has 2 fully saturated rings. The Labute approximate surface area is 135 Å². The molecule has 23 heavy (non-hydrogen) atoms. The first kappa shape index (κ1) is 15.9. The highest BCUT2D eigenvalue weighted by molar-refractivity contribution is 7.89. The molecule has 0 aliphatic carbocycles. The van der Waals surface area contributed by atoms with E-state index in [0.29, 0.717) is 5.92 Å². The third-order valence-corrected chi connectivity index (χ3v) is 6.10. The minimum absolute atomic E-state index is 0.0151. The van der Waals surface area contributed by atoms with Crippen molar-refractivity contribution >= 4 is 22.0 Å². The summed E-state index contributed by atoms with van der Waals surface area (Å²) in [5.41, 5.74) is 1.07. The molecule has 1 N–H and O–H groups in total. The molecule has 0 atom stereocenters. The lowest BCUT2D eigenvalue weighted by Crippen LogP contribution is -2.62. The van der Waals surface area contributed by atoms with E-state index in [0.717, 1.165) is 10.5 Å². The number of nitrogens with one attached hydrogen (secondary N) is 1. The Hall–Kier alpha value is -1.93. The van der Waals surface area contributed by atoms with Crippen molar-refractivity contribution in [2.45, 2.75) is 30.7 Å². The van der Waals surface area contributed by atoms with E-state index < -0.39 is 16.1 Å². The van der Waals surface area contributed by atoms with Crippen LogP contribution in [0.4, 0.5) is 4.79 Å². The zero-order valence-corrected chi connectivity index (χ0v) is 13.8. The highest BCUT2D eigenvalue weighted by Gasteiger charge is 2.45. The topological polar surface area (TPSA) is 86.8 Å². The van der Waals surface area contributed by atoms with Gasteiger partial charge in [-0.05, 0) is 23.6 Å². The summed E-state index contributed by atoms with van der Waals surface area (Å²) >= 11 is 0. The summed E-state index contributed by atoms with van der Waals surface area (Å²) < 4.78 is 26.4. The fraction of sp³-hybridized carbons (Fsp3) is 0.467. The predicted octanol–water partition coefficient (Wildman–Crippen LogP) is 0.735. The maximum absolute atomic E-state index is 12.5. The van der Waals surface area contributed by atoms with Crippen molar-refractivity contribution in [3.8, 4) is 0 Å². The van der Waals surface area contributed by atoms with Gasteiger partial charge in [-0.15, -0.1) is 0 Å². The van der Waals surface area contributed by atoms with Gasteiger partial charge < -0.3 is 5.32 Å². The Morgan fingerprint density at radius 3 is 2.22 bits per heavy atom. The fourth-order valence-corrected chi connectivity index (χ4v) is 4.27. The monoisotopic (exact) mass is 337 g/mol. The van der Waals surface area contributed by atoms with Crippen LogP contribution in [-0.2, 0) is 14.8 Å². The zero-order chi connectivity index (χ0) is 16.8. The number of imide groups is 1. The van der Waals surface area contributed by atoms with Crippen molar-refractivity contribution in [2.24, 2.45) is 0 Å². The number of hydrogen-bond acceptors (Lipinski definition) is 4. The molecule has 2 heterocycles. The lowest BCUT2D eigenvalue weighted by Gasteiger charge is -2.41. The second-order valence-electron chi connectivity index (χ2n) is 6.12. The van der Waals surface area contributed by atoms with E-state index in [4.69, 9.17) is 0 Å². The van der Waals surface area contributed by atoms with E-state index in [2.05, 4.69) is 5.32 Å². The van der Waals surface area contributed by atoms with Crippen LogP contribution in [0.3, 0.4) is 0 Å². The van der Waals surface area contributed by atoms with Gasteiger partial charge in [0.2, 0.25) is 15.9 Å². The summed E-state index contributed by atoms with van der Waals surface area (Å²) in [4.78, 5) is 24.5. The molecule has 3 rings (SSSR count). The van der Waals surface area contributed by atoms with Crippen LogP contribution in [0.2, 0.25) is 0 Å². The SMILES string of the molecule is CC(C)c1ccc(S(=O)(=O)N2CC(N3C(=O)CNC3=O)C2)cc1. The summed E-state index contributed by atoms with van der Waals surface area (Å²) in [5, 5.41) is 2.44. The molecule has 0 aromatic heterocycles. The van der Waals surface area contributed by atoms with Crippen LogP contribution < -0.4 is 5.32 Å². The summed E-state index contributed by atoms with van der Waals surface area (Å²) in [7, 11) is -3.58. The second-order valence-corrected chi connectivity index (χ2v) is 8.06. The molecule has 1 aromatic carbocycles. The highest BCUT2D eigenvalue weighted by atomic mass is 32.2. The van der Waals surface area contributed by atoms with E-state index in [1.165, 1.54) is 4.31 Å². The Morgan fingerprint density at radius 2 is 1.74 bits per heavy atom. The number of carbonyl (C=O) groups is 2. The number of rotatable bonds is 4. The van der Waals surface area contributed by atoms with Gasteiger partial charge in [0, 0.05) is 13.1 Å². The average Bonchev–Trinajstić information content (AvgIpc) is 2.78. The highest BCUT2D eigenvalue weighted by Crippen LogP contribution is 2.26. The van der Waals surface area contributed by atoms with Crippen LogP contribution in [0.1, 0.15) is 25.3 Å². The maximum atomic E-state index is 12.5. The molecular formula is C15H19N3O4S. The molecule has 0 bridgehead atoms. The van der Waals surface area contributed by atoms with Crippen molar-refractivity contribution in [3.05, 3.63) is 29.8 Å². The van der Waals surface area contributed by atoms with Gasteiger partial charge in [0.15, 0.2) is 0 Å². The maximum Gasteiger partial charge on any atom is 0.324 e. The molecule has 2 aliphatic heterocycles. The van der Waals surface area contributed by atoms with Crippen molar-refractivity contribution in [1.82, 2.24) is 14.5 Å². The minimum atomic E-state index is -3.58. The molecule has 1 aromatic rings. The van der Waals surface area contributed by atoms with E-state index >= 15 is 0 Å². The Morgan fingerprint density at radius 1 is 1.13 bits per heavy atom. The second kappa shape index (κ2) is 5.61. The summed E-state index contributed by atoms with van der Waals surface area (Å²) in [5.74, 6) is 0.0261. The molecule has 0 radical (unpaired) electrons. The van der Waals surface area contributed by atoms with Gasteiger partial charge in [0.05, 0.1) is 17.5 Å². The lowest BCUT2D eigenvalue weighted by atomic mass is 10.0. The molecule has 2 saturated heterocycles. The van der Waals surface area contributed by atoms with Gasteiger partial charge in [-0.3, -0.25) is 9.69 Å². The number of carbonyl (C=O) groups excluding carboxylic acids is 2. The number of urea groups is 1. The Bertz CT molecular complexity index is 720. The van der Waals surface area contributed by atoms with Gasteiger partial charge in [0.25, 0.3) is 0 Å². The minimum Gasteiger partial charge on any atom is -0.329 e. The van der Waals surface area contributed by atoms with Crippen LogP contribution in [-0.4, -0.2) is 55.2 Å². The van der Waals surface area contributed by atoms with E-state index in [1.807, 2.05) is 26.0 Å². The fourth-order valence-electron chi connectivity index (χ4n) is 2.75. The lowest BCUT2D eigenvalue weighted by molar-refractivity contribution is -0.128. The average molecular weight is 337 g/mol. The number of amides is 3. The third kappa shape index (κ3) is 2.72. The number of hydrogen-bond donors (Lipinski definition) is 1. The number of sulfonamides is 1. The molecule has 3 amide bonds. The van der Waals surface area contributed by atoms with Crippen LogP contribution >= 0.6 is 0 Å². The standard InChI is InChI=1S/C15H19N3O4S/c1-10(2)11-3-5-13(6-4-11)23(21,22)17-8-12(9-17)18-14(19)7-16-15(18)20/h3-6,10,12H,7-9H2,1-2H3,(H,16,20). The van der Waals surface area contributed by atoms with Crippen molar-refractivity contribution in [1.29, 1.82) is 0 Å². The smallest absolute Gasteiger partial charge is 0.324 e. The van der Waals surface area contributed by atoms with Gasteiger partial charge in [-0.25, -0.2) is 13.2 Å². The molecule has 0 saturated carbocycles. The number of nitrogens with zero attached hydrogens (tertiary/aromatic N) is 2. The van der Waals surface area contributed by atoms with Gasteiger partial charge in [-0.2, -0.15) is 4.31 Å². The van der Waals surface area contributed by atoms with Crippen molar-refractivity contribution in [3.63, 3.8) is 0 Å². The first-order valence-corrected chi connectivity index (χ1v) is 8.94. The van der Waals surface area contributed by atoms with Crippen molar-refractivity contribution < 1.29 is 18.0 Å². The van der Waals surface area contributed by atoms with Crippen LogP contribution in [0.15, 0.2) is 29.2 Å². The summed E-state index contributed by atoms with van der Waals surface area (Å²) in [6.45, 7) is 4.36. The molecule has 0 spiro atoms. The molecule has 124 valence electrons. The molecule has 8 heteroatoms. The van der Waals surface area contributed by atoms with Crippen LogP contribution in [0.5, 0.6) is 0 Å². The van der Waals surface area contributed by atoms with Gasteiger partial charge >= 0.3 is 6.03 Å². The van der Waals surface area contributed by atoms with Crippen LogP contribution in [0.25, 0.3) is 0 Å². The van der Waals surface area contributed by atoms with E-state index in [9.17, 15) is 18.0 Å². The quantitative estimate of drug-likeness (QED) is 0.821. The van der Waals surface area contributed by atoms with Gasteiger partial charge in [-0.1, -0.05) is 26.0 Å². The first-order valence-electron chi connectivity index (χ1n) is 7.50. The van der Waals surface area contributed by atoms with Crippen LogP contribution in [0, 0.1) is 0 Å². The molecule has 2 aliphatic rings. The normalized spacial score (nSPS) is 20.0. The Kier molecular flexibility index (Phi) is 3.89. The predicted molar refractivity (Wildman–Crippen MR) is 83.3 cm³/mol. The summed E-state index contributed by atoms with van der Waals surface area (Å²) in [6.07, 6.45) is 0. The zero-order valence-electron chi connectivity index (χ0n) is 13.0. The largest absolute Gasteiger partial charge is 0.329 e. The molecule has 0 unspecified atom stereocenters. The van der Waals surface area contributed by atoms with Crippen molar-refractivity contribution in [2.75, 3.05) is 19.6 Å². The third-order valence-electron chi connectivity index (χ3n) is 4.26. The van der Waals surface area contributed by atoms with E-state index in [1.54, 1.807) is 12.1 Å². The van der Waals surface area contributed by atoms with Gasteiger partial charge in [0.1, 0.15) is 0 Å². The van der Waals surface area contributed by atoms with E-state index in [-0.39, 0.29) is 36.5 Å². The first-order chi connectivity index (χ1) is 10.8. The summed E-state index contributed by atoms with van der Waals surface area (Å²) in [6, 6.07) is 6.00. The molecular weight excluding hydrogens is 318 g/mol. The molecule has 7 nitrogen and oxygen atoms in total.